The van der Waals surface area contributed by atoms with Crippen LogP contribution in [0.4, 0.5) is 11.4 Å². The zero-order chi connectivity index (χ0) is 13.8. The van der Waals surface area contributed by atoms with Crippen molar-refractivity contribution in [3.05, 3.63) is 18.2 Å². The summed E-state index contributed by atoms with van der Waals surface area (Å²) in [7, 11) is 1.58. The maximum Gasteiger partial charge on any atom is 0.224 e. The first-order valence-corrected chi connectivity index (χ1v) is 6.05. The smallest absolute Gasteiger partial charge is 0.224 e. The molecule has 5 heteroatoms. The van der Waals surface area contributed by atoms with Crippen molar-refractivity contribution in [2.75, 3.05) is 18.2 Å². The van der Waals surface area contributed by atoms with Crippen LogP contribution in [0.25, 0.3) is 0 Å². The number of hydrogen-bond acceptors (Lipinski definition) is 3. The SMILES string of the molecule is COc1ccc(N)c(NC(=O)CCC(C)(C)C)c1.Cl. The summed E-state index contributed by atoms with van der Waals surface area (Å²) in [5.74, 6) is 0.653. The highest BCUT2D eigenvalue weighted by molar-refractivity contribution is 5.94. The fourth-order valence-corrected chi connectivity index (χ4v) is 1.47. The third kappa shape index (κ3) is 6.34. The van der Waals surface area contributed by atoms with Gasteiger partial charge in [-0.25, -0.2) is 0 Å². The van der Waals surface area contributed by atoms with E-state index in [2.05, 4.69) is 26.1 Å². The molecular weight excluding hydrogens is 264 g/mol. The van der Waals surface area contributed by atoms with Crippen molar-refractivity contribution in [3.8, 4) is 5.75 Å². The van der Waals surface area contributed by atoms with Crippen molar-refractivity contribution < 1.29 is 9.53 Å². The summed E-state index contributed by atoms with van der Waals surface area (Å²) in [6, 6.07) is 5.21. The summed E-state index contributed by atoms with van der Waals surface area (Å²) in [6.45, 7) is 6.33. The van der Waals surface area contributed by atoms with Crippen molar-refractivity contribution in [1.82, 2.24) is 0 Å². The molecule has 0 atom stereocenters. The average Bonchev–Trinajstić information content (AvgIpc) is 2.28. The second-order valence-corrected chi connectivity index (χ2v) is 5.56. The molecule has 0 radical (unpaired) electrons. The lowest BCUT2D eigenvalue weighted by Crippen LogP contribution is -2.16. The Hall–Kier alpha value is -1.42. The average molecular weight is 287 g/mol. The van der Waals surface area contributed by atoms with Crippen molar-refractivity contribution in [2.24, 2.45) is 5.41 Å². The minimum atomic E-state index is -0.0233. The number of carbonyl (C=O) groups excluding carboxylic acids is 1. The van der Waals surface area contributed by atoms with Gasteiger partial charge in [-0.1, -0.05) is 20.8 Å². The molecule has 0 saturated heterocycles. The van der Waals surface area contributed by atoms with Crippen LogP contribution in [0.3, 0.4) is 0 Å². The van der Waals surface area contributed by atoms with E-state index in [0.29, 0.717) is 23.5 Å². The van der Waals surface area contributed by atoms with Gasteiger partial charge < -0.3 is 15.8 Å². The molecule has 0 fully saturated rings. The number of rotatable bonds is 4. The molecule has 0 saturated carbocycles. The van der Waals surface area contributed by atoms with E-state index in [9.17, 15) is 4.79 Å². The van der Waals surface area contributed by atoms with Crippen LogP contribution in [0.5, 0.6) is 5.75 Å². The first kappa shape index (κ1) is 17.6. The first-order valence-electron chi connectivity index (χ1n) is 6.05. The summed E-state index contributed by atoms with van der Waals surface area (Å²) in [5, 5.41) is 2.81. The Balaban J connectivity index is 0.00000324. The highest BCUT2D eigenvalue weighted by Gasteiger charge is 2.13. The second kappa shape index (κ2) is 7.24. The molecule has 108 valence electrons. The molecule has 1 aromatic rings. The first-order chi connectivity index (χ1) is 8.31. The quantitative estimate of drug-likeness (QED) is 0.833. The maximum absolute atomic E-state index is 11.8. The van der Waals surface area contributed by atoms with Crippen LogP contribution >= 0.6 is 12.4 Å². The maximum atomic E-state index is 11.8. The lowest BCUT2D eigenvalue weighted by atomic mass is 9.90. The predicted molar refractivity (Wildman–Crippen MR) is 82.0 cm³/mol. The molecule has 0 unspecified atom stereocenters. The number of ether oxygens (including phenoxy) is 1. The van der Waals surface area contributed by atoms with Gasteiger partial charge in [0, 0.05) is 12.5 Å². The minimum absolute atomic E-state index is 0. The fourth-order valence-electron chi connectivity index (χ4n) is 1.47. The van der Waals surface area contributed by atoms with E-state index < -0.39 is 0 Å². The third-order valence-electron chi connectivity index (χ3n) is 2.64. The van der Waals surface area contributed by atoms with Gasteiger partial charge in [0.25, 0.3) is 0 Å². The normalized spacial score (nSPS) is 10.5. The van der Waals surface area contributed by atoms with Crippen molar-refractivity contribution in [2.45, 2.75) is 33.6 Å². The summed E-state index contributed by atoms with van der Waals surface area (Å²) in [4.78, 5) is 11.8. The van der Waals surface area contributed by atoms with E-state index in [4.69, 9.17) is 10.5 Å². The highest BCUT2D eigenvalue weighted by atomic mass is 35.5. The topological polar surface area (TPSA) is 64.3 Å². The third-order valence-corrected chi connectivity index (χ3v) is 2.64. The fraction of sp³-hybridized carbons (Fsp3) is 0.500. The van der Waals surface area contributed by atoms with Gasteiger partial charge in [0.2, 0.25) is 5.91 Å². The molecule has 19 heavy (non-hydrogen) atoms. The Labute approximate surface area is 121 Å². The molecule has 0 aliphatic rings. The van der Waals surface area contributed by atoms with Gasteiger partial charge in [-0.05, 0) is 24.0 Å². The van der Waals surface area contributed by atoms with Crippen LogP contribution < -0.4 is 15.8 Å². The Morgan fingerprint density at radius 2 is 2.00 bits per heavy atom. The zero-order valence-corrected chi connectivity index (χ0v) is 12.8. The van der Waals surface area contributed by atoms with Gasteiger partial charge in [-0.2, -0.15) is 0 Å². The number of anilines is 2. The molecular formula is C14H23ClN2O2. The minimum Gasteiger partial charge on any atom is -0.497 e. The molecule has 0 aromatic heterocycles. The molecule has 0 aliphatic heterocycles. The van der Waals surface area contributed by atoms with E-state index in [-0.39, 0.29) is 23.7 Å². The van der Waals surface area contributed by atoms with Gasteiger partial charge in [0.05, 0.1) is 18.5 Å². The van der Waals surface area contributed by atoms with E-state index in [1.807, 2.05) is 0 Å². The molecule has 1 amide bonds. The van der Waals surface area contributed by atoms with Gasteiger partial charge >= 0.3 is 0 Å². The number of nitrogen functional groups attached to an aromatic ring is 1. The molecule has 0 spiro atoms. The number of methoxy groups -OCH3 is 1. The van der Waals surface area contributed by atoms with Gasteiger partial charge in [0.1, 0.15) is 5.75 Å². The van der Waals surface area contributed by atoms with Crippen LogP contribution in [-0.2, 0) is 4.79 Å². The molecule has 1 aromatic carbocycles. The van der Waals surface area contributed by atoms with Crippen LogP contribution in [0.2, 0.25) is 0 Å². The Morgan fingerprint density at radius 3 is 2.53 bits per heavy atom. The number of benzene rings is 1. The number of carbonyl (C=O) groups is 1. The standard InChI is InChI=1S/C14H22N2O2.ClH/c1-14(2,3)8-7-13(17)16-12-9-10(18-4)5-6-11(12)15;/h5-6,9H,7-8,15H2,1-4H3,(H,16,17);1H. The van der Waals surface area contributed by atoms with E-state index in [1.165, 1.54) is 0 Å². The lowest BCUT2D eigenvalue weighted by molar-refractivity contribution is -0.116. The summed E-state index contributed by atoms with van der Waals surface area (Å²) >= 11 is 0. The molecule has 3 N–H and O–H groups in total. The molecule has 0 bridgehead atoms. The lowest BCUT2D eigenvalue weighted by Gasteiger charge is -2.17. The Morgan fingerprint density at radius 1 is 1.37 bits per heavy atom. The van der Waals surface area contributed by atoms with Crippen molar-refractivity contribution >= 4 is 29.7 Å². The van der Waals surface area contributed by atoms with Crippen LogP contribution in [-0.4, -0.2) is 13.0 Å². The summed E-state index contributed by atoms with van der Waals surface area (Å²) < 4.78 is 5.10. The number of nitrogens with one attached hydrogen (secondary N) is 1. The molecule has 0 aliphatic carbocycles. The monoisotopic (exact) mass is 286 g/mol. The molecule has 0 heterocycles. The summed E-state index contributed by atoms with van der Waals surface area (Å²) in [6.07, 6.45) is 1.32. The summed E-state index contributed by atoms with van der Waals surface area (Å²) in [5.41, 5.74) is 7.10. The number of halogens is 1. The van der Waals surface area contributed by atoms with Crippen LogP contribution in [0.1, 0.15) is 33.6 Å². The Bertz CT molecular complexity index is 428. The highest BCUT2D eigenvalue weighted by Crippen LogP contribution is 2.25. The van der Waals surface area contributed by atoms with Gasteiger partial charge in [-0.3, -0.25) is 4.79 Å². The van der Waals surface area contributed by atoms with Crippen LogP contribution in [0.15, 0.2) is 18.2 Å². The van der Waals surface area contributed by atoms with E-state index in [0.717, 1.165) is 6.42 Å². The number of amides is 1. The van der Waals surface area contributed by atoms with Crippen LogP contribution in [0, 0.1) is 5.41 Å². The van der Waals surface area contributed by atoms with E-state index >= 15 is 0 Å². The Kier molecular flexibility index (Phi) is 6.70. The largest absolute Gasteiger partial charge is 0.497 e. The van der Waals surface area contributed by atoms with Crippen molar-refractivity contribution in [1.29, 1.82) is 0 Å². The van der Waals surface area contributed by atoms with E-state index in [1.54, 1.807) is 25.3 Å². The zero-order valence-electron chi connectivity index (χ0n) is 11.9. The number of hydrogen-bond donors (Lipinski definition) is 2. The second-order valence-electron chi connectivity index (χ2n) is 5.56. The van der Waals surface area contributed by atoms with Gasteiger partial charge in [0.15, 0.2) is 0 Å². The number of nitrogens with two attached hydrogens (primary N) is 1. The molecule has 4 nitrogen and oxygen atoms in total. The molecule has 1 rings (SSSR count). The van der Waals surface area contributed by atoms with Crippen molar-refractivity contribution in [3.63, 3.8) is 0 Å². The van der Waals surface area contributed by atoms with Gasteiger partial charge in [-0.15, -0.1) is 12.4 Å². The predicted octanol–water partition coefficient (Wildman–Crippen LogP) is 3.46.